The van der Waals surface area contributed by atoms with Crippen molar-refractivity contribution in [3.05, 3.63) is 16.1 Å². The molecule has 0 bridgehead atoms. The summed E-state index contributed by atoms with van der Waals surface area (Å²) in [5.74, 6) is -0.674. The van der Waals surface area contributed by atoms with Gasteiger partial charge in [-0.25, -0.2) is 9.78 Å². The topological polar surface area (TPSA) is 88.5 Å². The van der Waals surface area contributed by atoms with Crippen LogP contribution in [0.3, 0.4) is 0 Å². The van der Waals surface area contributed by atoms with Crippen molar-refractivity contribution in [3.8, 4) is 0 Å². The van der Waals surface area contributed by atoms with Crippen LogP contribution >= 0.6 is 11.3 Å². The number of hydrogen-bond acceptors (Lipinski definition) is 5. The number of ether oxygens (including phenoxy) is 1. The van der Waals surface area contributed by atoms with Gasteiger partial charge in [0.25, 0.3) is 0 Å². The summed E-state index contributed by atoms with van der Waals surface area (Å²) < 4.78 is 5.34. The lowest BCUT2D eigenvalue weighted by Crippen LogP contribution is -2.30. The first kappa shape index (κ1) is 14.9. The fraction of sp³-hybridized carbons (Fsp3) is 0.615. The number of rotatable bonds is 6. The third kappa shape index (κ3) is 4.57. The van der Waals surface area contributed by atoms with Crippen LogP contribution in [-0.2, 0) is 16.0 Å². The fourth-order valence-corrected chi connectivity index (χ4v) is 2.91. The van der Waals surface area contributed by atoms with Crippen molar-refractivity contribution in [3.63, 3.8) is 0 Å². The van der Waals surface area contributed by atoms with Crippen molar-refractivity contribution in [1.82, 2.24) is 10.3 Å². The monoisotopic (exact) mass is 298 g/mol. The van der Waals surface area contributed by atoms with Gasteiger partial charge in [-0.1, -0.05) is 0 Å². The maximum atomic E-state index is 11.7. The summed E-state index contributed by atoms with van der Waals surface area (Å²) in [5.41, 5.74) is 0.0654. The molecule has 2 heterocycles. The van der Waals surface area contributed by atoms with Gasteiger partial charge >= 0.3 is 5.97 Å². The van der Waals surface area contributed by atoms with Crippen LogP contribution in [0.2, 0.25) is 0 Å². The molecule has 2 rings (SSSR count). The molecule has 1 aromatic rings. The third-order valence-corrected chi connectivity index (χ3v) is 4.07. The lowest BCUT2D eigenvalue weighted by Gasteiger charge is -2.21. The minimum atomic E-state index is -1.02. The molecule has 0 saturated carbocycles. The van der Waals surface area contributed by atoms with E-state index in [-0.39, 0.29) is 11.6 Å². The van der Waals surface area contributed by atoms with Crippen LogP contribution in [0.1, 0.15) is 34.8 Å². The number of nitrogens with zero attached hydrogens (tertiary/aromatic N) is 1. The number of thiazole rings is 1. The number of carbonyl (C=O) groups excluding carboxylic acids is 1. The molecule has 0 aromatic carbocycles. The van der Waals surface area contributed by atoms with Crippen LogP contribution < -0.4 is 5.32 Å². The predicted molar refractivity (Wildman–Crippen MR) is 73.9 cm³/mol. The first-order chi connectivity index (χ1) is 9.65. The highest BCUT2D eigenvalue weighted by molar-refractivity contribution is 7.09. The zero-order valence-electron chi connectivity index (χ0n) is 11.1. The number of amides is 1. The van der Waals surface area contributed by atoms with E-state index in [4.69, 9.17) is 9.84 Å². The molecule has 0 unspecified atom stereocenters. The second-order valence-corrected chi connectivity index (χ2v) is 5.76. The highest BCUT2D eigenvalue weighted by Crippen LogP contribution is 2.16. The van der Waals surface area contributed by atoms with E-state index < -0.39 is 5.97 Å². The zero-order chi connectivity index (χ0) is 14.4. The lowest BCUT2D eigenvalue weighted by atomic mass is 9.98. The molecule has 20 heavy (non-hydrogen) atoms. The second kappa shape index (κ2) is 7.35. The van der Waals surface area contributed by atoms with Crippen molar-refractivity contribution in [2.45, 2.75) is 25.7 Å². The molecule has 6 nitrogen and oxygen atoms in total. The van der Waals surface area contributed by atoms with E-state index in [2.05, 4.69) is 10.3 Å². The standard InChI is InChI=1S/C13H18N2O4S/c16-11(6-9-2-1-5-19-7-9)14-4-3-12-15-10(8-20-12)13(17)18/h8-9H,1-7H2,(H,14,16)(H,17,18)/t9-/m1/s1. The van der Waals surface area contributed by atoms with E-state index in [1.807, 2.05) is 0 Å². The summed E-state index contributed by atoms with van der Waals surface area (Å²) in [6, 6.07) is 0. The first-order valence-electron chi connectivity index (χ1n) is 6.67. The maximum Gasteiger partial charge on any atom is 0.355 e. The van der Waals surface area contributed by atoms with E-state index in [9.17, 15) is 9.59 Å². The van der Waals surface area contributed by atoms with Crippen LogP contribution in [0, 0.1) is 5.92 Å². The second-order valence-electron chi connectivity index (χ2n) is 4.82. The minimum absolute atomic E-state index is 0.0236. The number of nitrogens with one attached hydrogen (secondary N) is 1. The molecule has 1 aliphatic rings. The summed E-state index contributed by atoms with van der Waals surface area (Å²) in [7, 11) is 0. The molecular formula is C13H18N2O4S. The largest absolute Gasteiger partial charge is 0.476 e. The van der Waals surface area contributed by atoms with Crippen molar-refractivity contribution >= 4 is 23.2 Å². The Morgan fingerprint density at radius 2 is 2.40 bits per heavy atom. The number of hydrogen-bond donors (Lipinski definition) is 2. The average Bonchev–Trinajstić information content (AvgIpc) is 2.89. The molecule has 1 aromatic heterocycles. The van der Waals surface area contributed by atoms with Gasteiger partial charge in [0.15, 0.2) is 5.69 Å². The van der Waals surface area contributed by atoms with Crippen LogP contribution in [0.15, 0.2) is 5.38 Å². The molecule has 1 atom stereocenters. The van der Waals surface area contributed by atoms with Gasteiger partial charge in [0.05, 0.1) is 5.01 Å². The van der Waals surface area contributed by atoms with E-state index in [0.717, 1.165) is 24.5 Å². The lowest BCUT2D eigenvalue weighted by molar-refractivity contribution is -0.123. The van der Waals surface area contributed by atoms with Gasteiger partial charge in [0, 0.05) is 38.0 Å². The summed E-state index contributed by atoms with van der Waals surface area (Å²) in [5, 5.41) is 13.8. The van der Waals surface area contributed by atoms with E-state index >= 15 is 0 Å². The summed E-state index contributed by atoms with van der Waals surface area (Å²) in [6.07, 6.45) is 3.12. The van der Waals surface area contributed by atoms with E-state index in [1.54, 1.807) is 0 Å². The maximum absolute atomic E-state index is 11.7. The van der Waals surface area contributed by atoms with Crippen molar-refractivity contribution in [2.75, 3.05) is 19.8 Å². The van der Waals surface area contributed by atoms with E-state index in [0.29, 0.717) is 31.9 Å². The Morgan fingerprint density at radius 1 is 1.55 bits per heavy atom. The van der Waals surface area contributed by atoms with E-state index in [1.165, 1.54) is 16.7 Å². The minimum Gasteiger partial charge on any atom is -0.476 e. The molecule has 0 spiro atoms. The Balaban J connectivity index is 1.66. The molecule has 1 fully saturated rings. The number of carboxylic acids is 1. The van der Waals surface area contributed by atoms with Gasteiger partial charge in [-0.05, 0) is 18.8 Å². The molecular weight excluding hydrogens is 280 g/mol. The Morgan fingerprint density at radius 3 is 3.05 bits per heavy atom. The molecule has 0 aliphatic carbocycles. The Labute approximate surface area is 121 Å². The normalized spacial score (nSPS) is 18.7. The van der Waals surface area contributed by atoms with Crippen LogP contribution in [0.25, 0.3) is 0 Å². The Bertz CT molecular complexity index is 469. The summed E-state index contributed by atoms with van der Waals surface area (Å²) in [6.45, 7) is 1.95. The Hall–Kier alpha value is -1.47. The van der Waals surface area contributed by atoms with Crippen LogP contribution in [0.5, 0.6) is 0 Å². The van der Waals surface area contributed by atoms with Gasteiger partial charge in [-0.2, -0.15) is 0 Å². The average molecular weight is 298 g/mol. The molecule has 110 valence electrons. The van der Waals surface area contributed by atoms with Gasteiger partial charge in [0.1, 0.15) is 0 Å². The number of carbonyl (C=O) groups is 2. The zero-order valence-corrected chi connectivity index (χ0v) is 11.9. The molecule has 0 radical (unpaired) electrons. The molecule has 2 N–H and O–H groups in total. The van der Waals surface area contributed by atoms with Gasteiger partial charge in [-0.15, -0.1) is 11.3 Å². The van der Waals surface area contributed by atoms with Crippen molar-refractivity contribution in [1.29, 1.82) is 0 Å². The number of aromatic nitrogens is 1. The molecule has 7 heteroatoms. The SMILES string of the molecule is O=C(C[C@H]1CCCOC1)NCCc1nc(C(=O)O)cs1. The number of carboxylic acid groups (broad SMARTS) is 1. The first-order valence-corrected chi connectivity index (χ1v) is 7.55. The van der Waals surface area contributed by atoms with Crippen molar-refractivity contribution in [2.24, 2.45) is 5.92 Å². The van der Waals surface area contributed by atoms with Gasteiger partial charge < -0.3 is 15.2 Å². The van der Waals surface area contributed by atoms with Gasteiger partial charge in [0.2, 0.25) is 5.91 Å². The third-order valence-electron chi connectivity index (χ3n) is 3.16. The Kier molecular flexibility index (Phi) is 5.49. The van der Waals surface area contributed by atoms with Crippen LogP contribution in [-0.4, -0.2) is 41.7 Å². The molecule has 1 amide bonds. The summed E-state index contributed by atoms with van der Waals surface area (Å²) in [4.78, 5) is 26.4. The van der Waals surface area contributed by atoms with Crippen molar-refractivity contribution < 1.29 is 19.4 Å². The molecule has 1 saturated heterocycles. The smallest absolute Gasteiger partial charge is 0.355 e. The molecule has 1 aliphatic heterocycles. The van der Waals surface area contributed by atoms with Crippen LogP contribution in [0.4, 0.5) is 0 Å². The predicted octanol–water partition coefficient (Wildman–Crippen LogP) is 1.32. The van der Waals surface area contributed by atoms with Gasteiger partial charge in [-0.3, -0.25) is 4.79 Å². The number of aromatic carboxylic acids is 1. The highest BCUT2D eigenvalue weighted by atomic mass is 32.1. The summed E-state index contributed by atoms with van der Waals surface area (Å²) >= 11 is 1.30. The highest BCUT2D eigenvalue weighted by Gasteiger charge is 2.17. The quantitative estimate of drug-likeness (QED) is 0.827. The fourth-order valence-electron chi connectivity index (χ4n) is 2.14.